The van der Waals surface area contributed by atoms with E-state index >= 15 is 0 Å². The molecule has 1 aromatic rings. The van der Waals surface area contributed by atoms with E-state index in [0.717, 1.165) is 11.8 Å². The van der Waals surface area contributed by atoms with Gasteiger partial charge in [-0.2, -0.15) is 0 Å². The maximum Gasteiger partial charge on any atom is 0.0285 e. The Kier molecular flexibility index (Phi) is 2.89. The van der Waals surface area contributed by atoms with Gasteiger partial charge in [-0.1, -0.05) is 0 Å². The summed E-state index contributed by atoms with van der Waals surface area (Å²) in [6.07, 6.45) is 5.69. The van der Waals surface area contributed by atoms with Gasteiger partial charge in [-0.05, 0) is 72.0 Å². The van der Waals surface area contributed by atoms with Crippen LogP contribution in [-0.4, -0.2) is 13.6 Å². The van der Waals surface area contributed by atoms with Crippen molar-refractivity contribution in [3.63, 3.8) is 0 Å². The van der Waals surface area contributed by atoms with Gasteiger partial charge in [0, 0.05) is 21.3 Å². The van der Waals surface area contributed by atoms with Gasteiger partial charge in [0.25, 0.3) is 0 Å². The fourth-order valence-corrected chi connectivity index (χ4v) is 5.17. The van der Waals surface area contributed by atoms with E-state index in [1.54, 1.807) is 4.88 Å². The van der Waals surface area contributed by atoms with Gasteiger partial charge >= 0.3 is 0 Å². The van der Waals surface area contributed by atoms with Crippen LogP contribution in [0.25, 0.3) is 0 Å². The summed E-state index contributed by atoms with van der Waals surface area (Å²) in [5.41, 5.74) is 0.562. The maximum absolute atomic E-state index is 3.55. The van der Waals surface area contributed by atoms with Crippen molar-refractivity contribution in [2.24, 2.45) is 17.3 Å². The van der Waals surface area contributed by atoms with Crippen LogP contribution in [0.4, 0.5) is 0 Å². The van der Waals surface area contributed by atoms with Crippen molar-refractivity contribution in [1.82, 2.24) is 5.32 Å². The lowest BCUT2D eigenvalue weighted by molar-refractivity contribution is 0.257. The highest BCUT2D eigenvalue weighted by Crippen LogP contribution is 2.60. The number of fused-ring (bicyclic) bond motifs is 1. The highest BCUT2D eigenvalue weighted by molar-refractivity contribution is 9.10. The summed E-state index contributed by atoms with van der Waals surface area (Å²) in [5.74, 6) is 2.13. The first kappa shape index (κ1) is 11.2. The molecule has 2 unspecified atom stereocenters. The van der Waals surface area contributed by atoms with Crippen molar-refractivity contribution in [1.29, 1.82) is 0 Å². The summed E-state index contributed by atoms with van der Waals surface area (Å²) >= 11 is 5.46. The quantitative estimate of drug-likeness (QED) is 0.894. The minimum Gasteiger partial charge on any atom is -0.319 e. The SMILES string of the molecule is CNCC1(Cc2cc(Br)cs2)CC2CC2C1. The fourth-order valence-electron chi connectivity index (χ4n) is 3.55. The summed E-state index contributed by atoms with van der Waals surface area (Å²) in [4.78, 5) is 1.54. The van der Waals surface area contributed by atoms with Crippen LogP contribution in [0, 0.1) is 17.3 Å². The Labute approximate surface area is 110 Å². The molecule has 1 N–H and O–H groups in total. The van der Waals surface area contributed by atoms with Gasteiger partial charge in [0.2, 0.25) is 0 Å². The second-order valence-electron chi connectivity index (χ2n) is 5.60. The van der Waals surface area contributed by atoms with Gasteiger partial charge in [0.05, 0.1) is 0 Å². The average Bonchev–Trinajstić information content (AvgIpc) is 2.67. The molecule has 0 bridgehead atoms. The van der Waals surface area contributed by atoms with E-state index in [1.165, 1.54) is 36.7 Å². The van der Waals surface area contributed by atoms with E-state index in [2.05, 4.69) is 39.7 Å². The number of nitrogens with one attached hydrogen (secondary N) is 1. The van der Waals surface area contributed by atoms with Gasteiger partial charge in [0.1, 0.15) is 0 Å². The highest BCUT2D eigenvalue weighted by atomic mass is 79.9. The van der Waals surface area contributed by atoms with Gasteiger partial charge in [-0.3, -0.25) is 0 Å². The molecule has 0 spiro atoms. The lowest BCUT2D eigenvalue weighted by atomic mass is 9.79. The second-order valence-corrected chi connectivity index (χ2v) is 7.51. The first-order chi connectivity index (χ1) is 7.71. The lowest BCUT2D eigenvalue weighted by Crippen LogP contribution is -2.33. The van der Waals surface area contributed by atoms with E-state index in [4.69, 9.17) is 0 Å². The van der Waals surface area contributed by atoms with E-state index in [1.807, 2.05) is 11.3 Å². The van der Waals surface area contributed by atoms with Crippen LogP contribution in [0.2, 0.25) is 0 Å². The third-order valence-electron chi connectivity index (χ3n) is 4.18. The monoisotopic (exact) mass is 299 g/mol. The van der Waals surface area contributed by atoms with Crippen LogP contribution in [0.1, 0.15) is 24.1 Å². The zero-order valence-corrected chi connectivity index (χ0v) is 12.0. The molecule has 1 aromatic heterocycles. The minimum atomic E-state index is 0.562. The molecule has 88 valence electrons. The Morgan fingerprint density at radius 1 is 1.50 bits per heavy atom. The molecule has 3 heteroatoms. The van der Waals surface area contributed by atoms with Gasteiger partial charge in [0.15, 0.2) is 0 Å². The summed E-state index contributed by atoms with van der Waals surface area (Å²) in [6, 6.07) is 2.30. The van der Waals surface area contributed by atoms with E-state index < -0.39 is 0 Å². The molecule has 3 rings (SSSR count). The number of hydrogen-bond donors (Lipinski definition) is 1. The smallest absolute Gasteiger partial charge is 0.0285 e. The Bertz CT molecular complexity index is 377. The van der Waals surface area contributed by atoms with Crippen molar-refractivity contribution in [2.75, 3.05) is 13.6 Å². The van der Waals surface area contributed by atoms with Crippen molar-refractivity contribution >= 4 is 27.3 Å². The molecular formula is C13H18BrNS. The summed E-state index contributed by atoms with van der Waals surface area (Å²) in [6.45, 7) is 1.19. The first-order valence-corrected chi connectivity index (χ1v) is 7.76. The molecule has 0 aliphatic heterocycles. The number of halogens is 1. The average molecular weight is 300 g/mol. The number of rotatable bonds is 4. The Morgan fingerprint density at radius 2 is 2.25 bits per heavy atom. The summed E-state index contributed by atoms with van der Waals surface area (Å²) in [5, 5.41) is 5.62. The topological polar surface area (TPSA) is 12.0 Å². The molecule has 2 aliphatic carbocycles. The molecule has 0 saturated heterocycles. The van der Waals surface area contributed by atoms with Gasteiger partial charge < -0.3 is 5.32 Å². The van der Waals surface area contributed by atoms with Crippen molar-refractivity contribution in [3.8, 4) is 0 Å². The molecule has 2 aliphatic rings. The molecule has 1 nitrogen and oxygen atoms in total. The van der Waals surface area contributed by atoms with Gasteiger partial charge in [-0.25, -0.2) is 0 Å². The third-order valence-corrected chi connectivity index (χ3v) is 5.88. The van der Waals surface area contributed by atoms with Crippen molar-refractivity contribution < 1.29 is 0 Å². The molecule has 2 fully saturated rings. The van der Waals surface area contributed by atoms with Gasteiger partial charge in [-0.15, -0.1) is 11.3 Å². The molecule has 2 atom stereocenters. The second kappa shape index (κ2) is 4.11. The zero-order chi connectivity index (χ0) is 11.2. The van der Waals surface area contributed by atoms with Crippen LogP contribution < -0.4 is 5.32 Å². The summed E-state index contributed by atoms with van der Waals surface area (Å²) in [7, 11) is 2.09. The van der Waals surface area contributed by atoms with Crippen LogP contribution in [0.3, 0.4) is 0 Å². The zero-order valence-electron chi connectivity index (χ0n) is 9.63. The Balaban J connectivity index is 1.74. The predicted octanol–water partition coefficient (Wildman–Crippen LogP) is 3.69. The molecule has 0 amide bonds. The lowest BCUT2D eigenvalue weighted by Gasteiger charge is -2.30. The van der Waals surface area contributed by atoms with Crippen LogP contribution in [0.15, 0.2) is 15.9 Å². The Hall–Kier alpha value is 0.140. The Morgan fingerprint density at radius 3 is 2.81 bits per heavy atom. The third kappa shape index (κ3) is 2.09. The minimum absolute atomic E-state index is 0.562. The predicted molar refractivity (Wildman–Crippen MR) is 72.9 cm³/mol. The maximum atomic E-state index is 3.55. The highest BCUT2D eigenvalue weighted by Gasteiger charge is 2.53. The van der Waals surface area contributed by atoms with Crippen molar-refractivity contribution in [2.45, 2.75) is 25.7 Å². The molecule has 0 aromatic carbocycles. The van der Waals surface area contributed by atoms with E-state index in [-0.39, 0.29) is 0 Å². The van der Waals surface area contributed by atoms with E-state index in [9.17, 15) is 0 Å². The fraction of sp³-hybridized carbons (Fsp3) is 0.692. The van der Waals surface area contributed by atoms with E-state index in [0.29, 0.717) is 5.41 Å². The summed E-state index contributed by atoms with van der Waals surface area (Å²) < 4.78 is 1.25. The largest absolute Gasteiger partial charge is 0.319 e. The molecule has 0 radical (unpaired) electrons. The number of hydrogen-bond acceptors (Lipinski definition) is 2. The molecule has 2 saturated carbocycles. The van der Waals surface area contributed by atoms with Crippen LogP contribution in [-0.2, 0) is 6.42 Å². The molecular weight excluding hydrogens is 282 g/mol. The first-order valence-electron chi connectivity index (χ1n) is 6.08. The van der Waals surface area contributed by atoms with Crippen molar-refractivity contribution in [3.05, 3.63) is 20.8 Å². The standard InChI is InChI=1S/C13H18BrNS/c1-15-8-13(4-9-2-10(9)5-13)6-12-3-11(14)7-16-12/h3,7,9-10,15H,2,4-6,8H2,1H3. The molecule has 1 heterocycles. The van der Waals surface area contributed by atoms with Crippen LogP contribution >= 0.6 is 27.3 Å². The number of thiophene rings is 1. The van der Waals surface area contributed by atoms with Crippen LogP contribution in [0.5, 0.6) is 0 Å². The molecule has 16 heavy (non-hydrogen) atoms. The normalized spacial score (nSPS) is 36.4.